The highest BCUT2D eigenvalue weighted by Crippen LogP contribution is 2.19. The third-order valence-electron chi connectivity index (χ3n) is 5.47. The summed E-state index contributed by atoms with van der Waals surface area (Å²) in [6, 6.07) is 9.93. The van der Waals surface area contributed by atoms with Crippen molar-refractivity contribution in [3.63, 3.8) is 0 Å². The molecule has 3 rings (SSSR count). The zero-order chi connectivity index (χ0) is 23.3. The van der Waals surface area contributed by atoms with Crippen molar-refractivity contribution in [2.45, 2.75) is 51.3 Å². The summed E-state index contributed by atoms with van der Waals surface area (Å²) < 4.78 is 32.3. The van der Waals surface area contributed by atoms with E-state index in [-0.39, 0.29) is 23.0 Å². The first kappa shape index (κ1) is 24.2. The third kappa shape index (κ3) is 5.65. The summed E-state index contributed by atoms with van der Waals surface area (Å²) in [5, 5.41) is 2.86. The number of ether oxygens (including phenoxy) is 1. The first-order valence-electron chi connectivity index (χ1n) is 11.0. The van der Waals surface area contributed by atoms with Gasteiger partial charge in [-0.05, 0) is 49.7 Å². The lowest BCUT2D eigenvalue weighted by Crippen LogP contribution is -2.45. The van der Waals surface area contributed by atoms with Crippen molar-refractivity contribution < 1.29 is 17.9 Å². The number of benzene rings is 1. The Kier molecular flexibility index (Phi) is 7.86. The fraction of sp³-hybridized carbons (Fsp3) is 0.478. The largest absolute Gasteiger partial charge is 0.372 e. The molecule has 1 aromatic carbocycles. The van der Waals surface area contributed by atoms with Gasteiger partial charge in [-0.1, -0.05) is 19.9 Å². The Labute approximate surface area is 190 Å². The smallest absolute Gasteiger partial charge is 0.251 e. The average Bonchev–Trinajstić information content (AvgIpc) is 2.78. The zero-order valence-electron chi connectivity index (χ0n) is 19.1. The van der Waals surface area contributed by atoms with Crippen LogP contribution in [-0.4, -0.2) is 62.0 Å². The molecule has 2 unspecified atom stereocenters. The summed E-state index contributed by atoms with van der Waals surface area (Å²) in [7, 11) is -3.54. The predicted octanol–water partition coefficient (Wildman–Crippen LogP) is 2.66. The first-order valence-corrected chi connectivity index (χ1v) is 12.4. The number of rotatable bonds is 8. The van der Waals surface area contributed by atoms with E-state index in [2.05, 4.69) is 29.0 Å². The highest BCUT2D eigenvalue weighted by molar-refractivity contribution is 7.89. The second-order valence-corrected chi connectivity index (χ2v) is 9.92. The van der Waals surface area contributed by atoms with E-state index in [0.29, 0.717) is 25.2 Å². The van der Waals surface area contributed by atoms with Crippen molar-refractivity contribution in [1.82, 2.24) is 14.6 Å². The molecule has 2 heterocycles. The van der Waals surface area contributed by atoms with E-state index in [0.717, 1.165) is 24.5 Å². The molecule has 0 radical (unpaired) electrons. The normalized spacial score (nSPS) is 19.2. The number of nitrogens with zero attached hydrogens (tertiary/aromatic N) is 3. The van der Waals surface area contributed by atoms with Crippen LogP contribution in [0.4, 0.5) is 5.82 Å². The van der Waals surface area contributed by atoms with Crippen LogP contribution in [0.3, 0.4) is 0 Å². The number of morpholine rings is 1. The van der Waals surface area contributed by atoms with E-state index in [1.807, 2.05) is 12.1 Å². The molecule has 0 bridgehead atoms. The highest BCUT2D eigenvalue weighted by Gasteiger charge is 2.23. The van der Waals surface area contributed by atoms with Crippen LogP contribution in [0.25, 0.3) is 0 Å². The molecule has 1 aromatic heterocycles. The van der Waals surface area contributed by atoms with Crippen LogP contribution < -0.4 is 10.2 Å². The minimum atomic E-state index is -3.54. The quantitative estimate of drug-likeness (QED) is 0.651. The summed E-state index contributed by atoms with van der Waals surface area (Å²) in [4.78, 5) is 19.4. The lowest BCUT2D eigenvalue weighted by molar-refractivity contribution is -0.00546. The molecule has 1 aliphatic rings. The van der Waals surface area contributed by atoms with E-state index in [1.165, 1.54) is 28.6 Å². The maximum atomic E-state index is 12.6. The van der Waals surface area contributed by atoms with Crippen LogP contribution in [0.1, 0.15) is 43.6 Å². The van der Waals surface area contributed by atoms with Crippen molar-refractivity contribution in [2.75, 3.05) is 31.1 Å². The zero-order valence-corrected chi connectivity index (χ0v) is 19.9. The van der Waals surface area contributed by atoms with Crippen LogP contribution in [-0.2, 0) is 21.3 Å². The Balaban J connectivity index is 1.59. The van der Waals surface area contributed by atoms with Gasteiger partial charge in [0.2, 0.25) is 10.0 Å². The predicted molar refractivity (Wildman–Crippen MR) is 124 cm³/mol. The van der Waals surface area contributed by atoms with Gasteiger partial charge >= 0.3 is 0 Å². The number of nitrogens with one attached hydrogen (secondary N) is 1. The molecule has 0 saturated carbocycles. The Hall–Kier alpha value is -2.49. The summed E-state index contributed by atoms with van der Waals surface area (Å²) in [6.45, 7) is 10.4. The standard InChI is InChI=1S/C23H32N4O4S/c1-5-27(6-2)32(29,30)21-10-8-20(9-11-21)23(28)25-14-19-7-12-22(24-13-19)26-15-17(3)31-18(4)16-26/h7-13,17-18H,5-6,14-16H2,1-4H3,(H,25,28). The first-order chi connectivity index (χ1) is 15.2. The van der Waals surface area contributed by atoms with E-state index in [9.17, 15) is 13.2 Å². The van der Waals surface area contributed by atoms with E-state index in [1.54, 1.807) is 20.0 Å². The van der Waals surface area contributed by atoms with Gasteiger partial charge in [0.1, 0.15) is 5.82 Å². The molecule has 9 heteroatoms. The van der Waals surface area contributed by atoms with Crippen molar-refractivity contribution >= 4 is 21.7 Å². The Bertz CT molecular complexity index is 995. The number of carbonyl (C=O) groups excluding carboxylic acids is 1. The Morgan fingerprint density at radius 1 is 1.09 bits per heavy atom. The summed E-state index contributed by atoms with van der Waals surface area (Å²) in [6.07, 6.45) is 2.08. The Morgan fingerprint density at radius 3 is 2.25 bits per heavy atom. The van der Waals surface area contributed by atoms with Gasteiger partial charge in [0, 0.05) is 44.5 Å². The SMILES string of the molecule is CCN(CC)S(=O)(=O)c1ccc(C(=O)NCc2ccc(N3CC(C)OC(C)C3)nc2)cc1. The van der Waals surface area contributed by atoms with Crippen molar-refractivity contribution in [1.29, 1.82) is 0 Å². The fourth-order valence-corrected chi connectivity index (χ4v) is 5.31. The van der Waals surface area contributed by atoms with Gasteiger partial charge in [0.25, 0.3) is 5.91 Å². The molecule has 1 aliphatic heterocycles. The molecule has 1 saturated heterocycles. The van der Waals surface area contributed by atoms with E-state index in [4.69, 9.17) is 4.74 Å². The van der Waals surface area contributed by atoms with Gasteiger partial charge < -0.3 is 15.0 Å². The van der Waals surface area contributed by atoms with Gasteiger partial charge in [0.15, 0.2) is 0 Å². The average molecular weight is 461 g/mol. The van der Waals surface area contributed by atoms with Crippen molar-refractivity contribution in [3.8, 4) is 0 Å². The summed E-state index contributed by atoms with van der Waals surface area (Å²) in [5.41, 5.74) is 1.29. The lowest BCUT2D eigenvalue weighted by atomic mass is 10.2. The van der Waals surface area contributed by atoms with Gasteiger partial charge in [-0.25, -0.2) is 13.4 Å². The third-order valence-corrected chi connectivity index (χ3v) is 7.53. The number of sulfonamides is 1. The number of amides is 1. The van der Waals surface area contributed by atoms with Crippen LogP contribution in [0.2, 0.25) is 0 Å². The number of hydrogen-bond acceptors (Lipinski definition) is 6. The molecule has 32 heavy (non-hydrogen) atoms. The van der Waals surface area contributed by atoms with E-state index < -0.39 is 10.0 Å². The molecule has 174 valence electrons. The summed E-state index contributed by atoms with van der Waals surface area (Å²) in [5.74, 6) is 0.628. The molecule has 1 amide bonds. The minimum Gasteiger partial charge on any atom is -0.372 e. The van der Waals surface area contributed by atoms with Crippen molar-refractivity contribution in [2.24, 2.45) is 0 Å². The number of aromatic nitrogens is 1. The molecule has 1 fully saturated rings. The number of hydrogen-bond donors (Lipinski definition) is 1. The number of carbonyl (C=O) groups is 1. The molecular weight excluding hydrogens is 428 g/mol. The molecule has 2 aromatic rings. The van der Waals surface area contributed by atoms with Crippen LogP contribution in [0.15, 0.2) is 47.5 Å². The molecule has 2 atom stereocenters. The monoisotopic (exact) mass is 460 g/mol. The van der Waals surface area contributed by atoms with Crippen LogP contribution in [0, 0.1) is 0 Å². The maximum Gasteiger partial charge on any atom is 0.251 e. The molecular formula is C23H32N4O4S. The van der Waals surface area contributed by atoms with Crippen LogP contribution >= 0.6 is 0 Å². The lowest BCUT2D eigenvalue weighted by Gasteiger charge is -2.36. The highest BCUT2D eigenvalue weighted by atomic mass is 32.2. The molecule has 8 nitrogen and oxygen atoms in total. The minimum absolute atomic E-state index is 0.160. The van der Waals surface area contributed by atoms with E-state index >= 15 is 0 Å². The topological polar surface area (TPSA) is 91.8 Å². The summed E-state index contributed by atoms with van der Waals surface area (Å²) >= 11 is 0. The fourth-order valence-electron chi connectivity index (χ4n) is 3.85. The number of anilines is 1. The number of pyridine rings is 1. The molecule has 0 spiro atoms. The Morgan fingerprint density at radius 2 is 1.72 bits per heavy atom. The second-order valence-electron chi connectivity index (χ2n) is 7.98. The van der Waals surface area contributed by atoms with Gasteiger partial charge in [-0.3, -0.25) is 4.79 Å². The van der Waals surface area contributed by atoms with Crippen molar-refractivity contribution in [3.05, 3.63) is 53.7 Å². The van der Waals surface area contributed by atoms with Gasteiger partial charge in [0.05, 0.1) is 17.1 Å². The molecule has 0 aliphatic carbocycles. The van der Waals surface area contributed by atoms with Crippen LogP contribution in [0.5, 0.6) is 0 Å². The molecule has 1 N–H and O–H groups in total. The van der Waals surface area contributed by atoms with Gasteiger partial charge in [-0.15, -0.1) is 0 Å². The van der Waals surface area contributed by atoms with Gasteiger partial charge in [-0.2, -0.15) is 4.31 Å². The second kappa shape index (κ2) is 10.4. The maximum absolute atomic E-state index is 12.6.